The number of hydrogen-bond acceptors (Lipinski definition) is 6. The second-order valence-corrected chi connectivity index (χ2v) is 8.13. The van der Waals surface area contributed by atoms with Gasteiger partial charge in [-0.1, -0.05) is 25.9 Å². The van der Waals surface area contributed by atoms with Gasteiger partial charge < -0.3 is 14.4 Å². The van der Waals surface area contributed by atoms with E-state index in [1.54, 1.807) is 11.8 Å². The Balaban J connectivity index is 1.68. The van der Waals surface area contributed by atoms with Crippen LogP contribution in [-0.4, -0.2) is 57.0 Å². The third-order valence-electron chi connectivity index (χ3n) is 4.74. The summed E-state index contributed by atoms with van der Waals surface area (Å²) in [6.45, 7) is 12.8. The summed E-state index contributed by atoms with van der Waals surface area (Å²) in [5.41, 5.74) is 0.836. The quantitative estimate of drug-likeness (QED) is 0.879. The molecule has 0 radical (unpaired) electrons. The number of H-pyrrole nitrogens is 1. The van der Waals surface area contributed by atoms with E-state index in [1.807, 2.05) is 33.8 Å². The van der Waals surface area contributed by atoms with Crippen LogP contribution in [0.25, 0.3) is 0 Å². The first-order valence-electron chi connectivity index (χ1n) is 9.20. The van der Waals surface area contributed by atoms with E-state index < -0.39 is 0 Å². The van der Waals surface area contributed by atoms with Gasteiger partial charge in [-0.2, -0.15) is 0 Å². The lowest BCUT2D eigenvalue weighted by Crippen LogP contribution is -2.49. The first kappa shape index (κ1) is 19.3. The molecule has 0 unspecified atom stereocenters. The zero-order valence-corrected chi connectivity index (χ0v) is 16.6. The Kier molecular flexibility index (Phi) is 5.19. The third-order valence-corrected chi connectivity index (χ3v) is 4.74. The molecule has 146 valence electrons. The highest BCUT2D eigenvalue weighted by atomic mass is 16.5. The molecule has 1 N–H and O–H groups in total. The van der Waals surface area contributed by atoms with Crippen LogP contribution in [0.15, 0.2) is 15.4 Å². The number of nitrogens with zero attached hydrogens (tertiary/aromatic N) is 4. The van der Waals surface area contributed by atoms with Gasteiger partial charge in [0.05, 0.1) is 17.9 Å². The van der Waals surface area contributed by atoms with Crippen molar-refractivity contribution >= 4 is 5.91 Å². The van der Waals surface area contributed by atoms with E-state index in [4.69, 9.17) is 4.52 Å². The van der Waals surface area contributed by atoms with Gasteiger partial charge in [0.2, 0.25) is 0 Å². The lowest BCUT2D eigenvalue weighted by Gasteiger charge is -2.34. The molecule has 0 aromatic carbocycles. The summed E-state index contributed by atoms with van der Waals surface area (Å²) >= 11 is 0. The number of nitrogens with one attached hydrogen (secondary N) is 1. The Bertz CT molecular complexity index is 885. The second kappa shape index (κ2) is 7.26. The van der Waals surface area contributed by atoms with Crippen LogP contribution < -0.4 is 5.56 Å². The molecule has 2 aromatic rings. The van der Waals surface area contributed by atoms with E-state index in [9.17, 15) is 9.59 Å². The van der Waals surface area contributed by atoms with E-state index >= 15 is 0 Å². The van der Waals surface area contributed by atoms with E-state index in [2.05, 4.69) is 20.0 Å². The summed E-state index contributed by atoms with van der Waals surface area (Å²) in [7, 11) is 0. The zero-order chi connectivity index (χ0) is 19.8. The average molecular weight is 373 g/mol. The number of aryl methyl sites for hydroxylation is 2. The third kappa shape index (κ3) is 4.27. The summed E-state index contributed by atoms with van der Waals surface area (Å²) in [5, 5.41) is 3.90. The molecule has 1 aliphatic rings. The van der Waals surface area contributed by atoms with Crippen LogP contribution in [0.1, 0.15) is 54.1 Å². The molecule has 8 nitrogen and oxygen atoms in total. The summed E-state index contributed by atoms with van der Waals surface area (Å²) < 4.78 is 5.25. The van der Waals surface area contributed by atoms with Crippen molar-refractivity contribution in [2.24, 2.45) is 0 Å². The zero-order valence-electron chi connectivity index (χ0n) is 16.6. The minimum absolute atomic E-state index is 0.141. The molecule has 0 aliphatic carbocycles. The van der Waals surface area contributed by atoms with Gasteiger partial charge in [0, 0.05) is 37.7 Å². The summed E-state index contributed by atoms with van der Waals surface area (Å²) in [6.07, 6.45) is 0. The van der Waals surface area contributed by atoms with Crippen molar-refractivity contribution in [3.8, 4) is 0 Å². The topological polar surface area (TPSA) is 95.3 Å². The number of hydrogen-bond donors (Lipinski definition) is 1. The Labute approximate surface area is 158 Å². The van der Waals surface area contributed by atoms with Gasteiger partial charge in [-0.15, -0.1) is 0 Å². The smallest absolute Gasteiger partial charge is 0.264 e. The Hall–Kier alpha value is -2.48. The fraction of sp³-hybridized carbons (Fsp3) is 0.579. The van der Waals surface area contributed by atoms with Crippen LogP contribution >= 0.6 is 0 Å². The largest absolute Gasteiger partial charge is 0.360 e. The molecule has 1 fully saturated rings. The van der Waals surface area contributed by atoms with Gasteiger partial charge in [-0.05, 0) is 13.8 Å². The molecule has 1 saturated heterocycles. The number of carbonyl (C=O) groups excluding carboxylic acids is 1. The highest BCUT2D eigenvalue weighted by molar-refractivity contribution is 5.94. The van der Waals surface area contributed by atoms with Gasteiger partial charge >= 0.3 is 0 Å². The molecule has 0 atom stereocenters. The maximum Gasteiger partial charge on any atom is 0.264 e. The number of aromatic nitrogens is 3. The Morgan fingerprint density at radius 2 is 1.89 bits per heavy atom. The van der Waals surface area contributed by atoms with Gasteiger partial charge in [0.1, 0.15) is 11.4 Å². The minimum Gasteiger partial charge on any atom is -0.360 e. The van der Waals surface area contributed by atoms with Gasteiger partial charge in [-0.3, -0.25) is 14.5 Å². The monoisotopic (exact) mass is 373 g/mol. The molecule has 0 bridgehead atoms. The number of amides is 1. The average Bonchev–Trinajstić information content (AvgIpc) is 2.99. The van der Waals surface area contributed by atoms with Crippen molar-refractivity contribution in [2.45, 2.75) is 46.6 Å². The molecule has 27 heavy (non-hydrogen) atoms. The van der Waals surface area contributed by atoms with Crippen molar-refractivity contribution in [3.05, 3.63) is 45.0 Å². The number of carbonyl (C=O) groups is 1. The standard InChI is InChI=1S/C19H27N5O3/c1-12-10-14(27-22-12)11-23-6-8-24(9-7-23)17(26)15-13(2)20-18(19(3,4)5)21-16(15)25/h10H,6-9,11H2,1-5H3,(H,20,21,25). The maximum absolute atomic E-state index is 12.9. The van der Waals surface area contributed by atoms with Crippen LogP contribution in [0.2, 0.25) is 0 Å². The van der Waals surface area contributed by atoms with E-state index in [1.165, 1.54) is 0 Å². The molecule has 3 rings (SSSR count). The maximum atomic E-state index is 12.9. The van der Waals surface area contributed by atoms with Crippen LogP contribution in [0, 0.1) is 13.8 Å². The van der Waals surface area contributed by atoms with Crippen LogP contribution in [0.4, 0.5) is 0 Å². The summed E-state index contributed by atoms with van der Waals surface area (Å²) in [4.78, 5) is 36.6. The normalized spacial score (nSPS) is 16.0. The van der Waals surface area contributed by atoms with Crippen molar-refractivity contribution in [1.29, 1.82) is 0 Å². The molecule has 1 amide bonds. The van der Waals surface area contributed by atoms with Crippen molar-refractivity contribution in [3.63, 3.8) is 0 Å². The summed E-state index contributed by atoms with van der Waals surface area (Å²) in [5.74, 6) is 1.16. The number of piperazine rings is 1. The lowest BCUT2D eigenvalue weighted by atomic mass is 9.95. The first-order chi connectivity index (χ1) is 12.6. The molecular formula is C19H27N5O3. The fourth-order valence-corrected chi connectivity index (χ4v) is 3.17. The highest BCUT2D eigenvalue weighted by Crippen LogP contribution is 2.18. The molecule has 0 saturated carbocycles. The lowest BCUT2D eigenvalue weighted by molar-refractivity contribution is 0.0614. The second-order valence-electron chi connectivity index (χ2n) is 8.13. The number of rotatable bonds is 3. The van der Waals surface area contributed by atoms with E-state index in [0.29, 0.717) is 31.2 Å². The molecule has 1 aliphatic heterocycles. The van der Waals surface area contributed by atoms with Crippen molar-refractivity contribution in [1.82, 2.24) is 24.9 Å². The van der Waals surface area contributed by atoms with Gasteiger partial charge in [0.25, 0.3) is 11.5 Å². The Morgan fingerprint density at radius 3 is 2.41 bits per heavy atom. The number of aromatic amines is 1. The molecule has 2 aromatic heterocycles. The van der Waals surface area contributed by atoms with Crippen LogP contribution in [0.3, 0.4) is 0 Å². The van der Waals surface area contributed by atoms with Crippen LogP contribution in [-0.2, 0) is 12.0 Å². The summed E-state index contributed by atoms with van der Waals surface area (Å²) in [6, 6.07) is 1.92. The predicted molar refractivity (Wildman–Crippen MR) is 101 cm³/mol. The fourth-order valence-electron chi connectivity index (χ4n) is 3.17. The molecule has 3 heterocycles. The SMILES string of the molecule is Cc1cc(CN2CCN(C(=O)c3c(C)nc(C(C)(C)C)[nH]c3=O)CC2)on1. The molecule has 0 spiro atoms. The first-order valence-corrected chi connectivity index (χ1v) is 9.20. The van der Waals surface area contributed by atoms with Crippen molar-refractivity contribution in [2.75, 3.05) is 26.2 Å². The van der Waals surface area contributed by atoms with Gasteiger partial charge in [0.15, 0.2) is 5.76 Å². The van der Waals surface area contributed by atoms with Gasteiger partial charge in [-0.25, -0.2) is 4.98 Å². The molecule has 8 heteroatoms. The van der Waals surface area contributed by atoms with Crippen LogP contribution in [0.5, 0.6) is 0 Å². The van der Waals surface area contributed by atoms with E-state index in [-0.39, 0.29) is 22.4 Å². The predicted octanol–water partition coefficient (Wildman–Crippen LogP) is 1.63. The molecular weight excluding hydrogens is 346 g/mol. The Morgan fingerprint density at radius 1 is 1.22 bits per heavy atom. The highest BCUT2D eigenvalue weighted by Gasteiger charge is 2.28. The van der Waals surface area contributed by atoms with Crippen molar-refractivity contribution < 1.29 is 9.32 Å². The minimum atomic E-state index is -0.364. The van der Waals surface area contributed by atoms with E-state index in [0.717, 1.165) is 24.5 Å².